The van der Waals surface area contributed by atoms with Gasteiger partial charge < -0.3 is 10.5 Å². The SMILES string of the molecule is C#CCOc1cccc(C(=O)c2ccc(C(C)C)cc2)c1N. The Bertz CT molecular complexity index is 709. The maximum atomic E-state index is 12.6. The number of nitrogen functional groups attached to an aromatic ring is 1. The van der Waals surface area contributed by atoms with Gasteiger partial charge in [-0.25, -0.2) is 0 Å². The van der Waals surface area contributed by atoms with Crippen molar-refractivity contribution in [2.75, 3.05) is 12.3 Å². The number of carbonyl (C=O) groups excluding carboxylic acids is 1. The molecule has 0 saturated carbocycles. The van der Waals surface area contributed by atoms with Gasteiger partial charge in [0.05, 0.1) is 5.69 Å². The lowest BCUT2D eigenvalue weighted by molar-refractivity contribution is 0.103. The second-order valence-electron chi connectivity index (χ2n) is 5.32. The summed E-state index contributed by atoms with van der Waals surface area (Å²) in [4.78, 5) is 12.6. The van der Waals surface area contributed by atoms with E-state index in [1.807, 2.05) is 24.3 Å². The molecule has 2 N–H and O–H groups in total. The van der Waals surface area contributed by atoms with Crippen molar-refractivity contribution >= 4 is 11.5 Å². The summed E-state index contributed by atoms with van der Waals surface area (Å²) in [5.41, 5.74) is 8.56. The fraction of sp³-hybridized carbons (Fsp3) is 0.211. The molecule has 3 heteroatoms. The molecule has 0 amide bonds. The summed E-state index contributed by atoms with van der Waals surface area (Å²) in [5.74, 6) is 3.11. The van der Waals surface area contributed by atoms with Crippen molar-refractivity contribution in [1.82, 2.24) is 0 Å². The number of benzene rings is 2. The Balaban J connectivity index is 2.31. The summed E-state index contributed by atoms with van der Waals surface area (Å²) in [6.07, 6.45) is 5.17. The third-order valence-corrected chi connectivity index (χ3v) is 3.46. The molecule has 2 rings (SSSR count). The third kappa shape index (κ3) is 3.29. The molecule has 0 radical (unpaired) electrons. The summed E-state index contributed by atoms with van der Waals surface area (Å²) < 4.78 is 5.35. The molecule has 0 aliphatic heterocycles. The van der Waals surface area contributed by atoms with Crippen LogP contribution in [-0.2, 0) is 0 Å². The van der Waals surface area contributed by atoms with Gasteiger partial charge in [-0.15, -0.1) is 6.42 Å². The Kier molecular flexibility index (Phi) is 4.85. The highest BCUT2D eigenvalue weighted by Gasteiger charge is 2.15. The van der Waals surface area contributed by atoms with E-state index in [0.717, 1.165) is 0 Å². The van der Waals surface area contributed by atoms with Gasteiger partial charge >= 0.3 is 0 Å². The molecule has 0 aliphatic carbocycles. The molecule has 0 fully saturated rings. The van der Waals surface area contributed by atoms with Gasteiger partial charge in [0.2, 0.25) is 0 Å². The number of hydrogen-bond acceptors (Lipinski definition) is 3. The zero-order valence-electron chi connectivity index (χ0n) is 12.8. The van der Waals surface area contributed by atoms with E-state index in [1.165, 1.54) is 5.56 Å². The molecule has 0 aliphatic rings. The summed E-state index contributed by atoms with van der Waals surface area (Å²) in [6, 6.07) is 12.7. The summed E-state index contributed by atoms with van der Waals surface area (Å²) in [7, 11) is 0. The van der Waals surface area contributed by atoms with E-state index < -0.39 is 0 Å². The first kappa shape index (κ1) is 15.7. The molecule has 0 unspecified atom stereocenters. The second kappa shape index (κ2) is 6.82. The van der Waals surface area contributed by atoms with Crippen LogP contribution in [0.3, 0.4) is 0 Å². The largest absolute Gasteiger partial charge is 0.479 e. The Hall–Kier alpha value is -2.73. The molecule has 0 saturated heterocycles. The van der Waals surface area contributed by atoms with E-state index in [4.69, 9.17) is 16.9 Å². The molecule has 3 nitrogen and oxygen atoms in total. The van der Waals surface area contributed by atoms with Gasteiger partial charge in [0.1, 0.15) is 12.4 Å². The van der Waals surface area contributed by atoms with Crippen molar-refractivity contribution < 1.29 is 9.53 Å². The molecule has 0 bridgehead atoms. The number of anilines is 1. The lowest BCUT2D eigenvalue weighted by Crippen LogP contribution is -2.08. The van der Waals surface area contributed by atoms with Gasteiger partial charge in [0.15, 0.2) is 5.78 Å². The number of ether oxygens (including phenoxy) is 1. The molecule has 0 heterocycles. The van der Waals surface area contributed by atoms with Crippen molar-refractivity contribution in [2.24, 2.45) is 0 Å². The Morgan fingerprint density at radius 2 is 1.91 bits per heavy atom. The van der Waals surface area contributed by atoms with E-state index in [0.29, 0.717) is 28.5 Å². The summed E-state index contributed by atoms with van der Waals surface area (Å²) in [5, 5.41) is 0. The van der Waals surface area contributed by atoms with E-state index in [9.17, 15) is 4.79 Å². The number of terminal acetylenes is 1. The van der Waals surface area contributed by atoms with Gasteiger partial charge in [0, 0.05) is 11.1 Å². The van der Waals surface area contributed by atoms with E-state index >= 15 is 0 Å². The Labute approximate surface area is 131 Å². The minimum Gasteiger partial charge on any atom is -0.479 e. The van der Waals surface area contributed by atoms with Crippen LogP contribution in [0, 0.1) is 12.3 Å². The van der Waals surface area contributed by atoms with Crippen LogP contribution in [0.4, 0.5) is 5.69 Å². The summed E-state index contributed by atoms with van der Waals surface area (Å²) >= 11 is 0. The van der Waals surface area contributed by atoms with Crippen molar-refractivity contribution in [1.29, 1.82) is 0 Å². The van der Waals surface area contributed by atoms with E-state index in [-0.39, 0.29) is 12.4 Å². The maximum absolute atomic E-state index is 12.6. The highest BCUT2D eigenvalue weighted by molar-refractivity contribution is 6.12. The van der Waals surface area contributed by atoms with Crippen LogP contribution in [0.5, 0.6) is 5.75 Å². The van der Waals surface area contributed by atoms with Crippen molar-refractivity contribution in [3.63, 3.8) is 0 Å². The smallest absolute Gasteiger partial charge is 0.195 e. The Morgan fingerprint density at radius 3 is 2.50 bits per heavy atom. The Morgan fingerprint density at radius 1 is 1.23 bits per heavy atom. The lowest BCUT2D eigenvalue weighted by Gasteiger charge is -2.11. The number of hydrogen-bond donors (Lipinski definition) is 1. The first-order valence-electron chi connectivity index (χ1n) is 7.14. The molecular weight excluding hydrogens is 274 g/mol. The van der Waals surface area contributed by atoms with Crippen LogP contribution in [0.15, 0.2) is 42.5 Å². The predicted molar refractivity (Wildman–Crippen MR) is 89.1 cm³/mol. The topological polar surface area (TPSA) is 52.3 Å². The maximum Gasteiger partial charge on any atom is 0.195 e. The molecule has 22 heavy (non-hydrogen) atoms. The van der Waals surface area contributed by atoms with E-state index in [1.54, 1.807) is 18.2 Å². The standard InChI is InChI=1S/C19H19NO2/c1-4-12-22-17-7-5-6-16(18(17)20)19(21)15-10-8-14(9-11-15)13(2)3/h1,5-11,13H,12,20H2,2-3H3. The van der Waals surface area contributed by atoms with Crippen molar-refractivity contribution in [2.45, 2.75) is 19.8 Å². The molecule has 2 aromatic rings. The van der Waals surface area contributed by atoms with Crippen LogP contribution in [0.1, 0.15) is 41.3 Å². The second-order valence-corrected chi connectivity index (χ2v) is 5.32. The minimum absolute atomic E-state index is 0.116. The van der Waals surface area contributed by atoms with Crippen LogP contribution in [0.25, 0.3) is 0 Å². The van der Waals surface area contributed by atoms with Gasteiger partial charge in [-0.05, 0) is 23.6 Å². The van der Waals surface area contributed by atoms with Crippen LogP contribution >= 0.6 is 0 Å². The van der Waals surface area contributed by atoms with E-state index in [2.05, 4.69) is 19.8 Å². The normalized spacial score (nSPS) is 10.3. The first-order valence-corrected chi connectivity index (χ1v) is 7.14. The van der Waals surface area contributed by atoms with Gasteiger partial charge in [-0.1, -0.05) is 50.1 Å². The van der Waals surface area contributed by atoms with Gasteiger partial charge in [-0.2, -0.15) is 0 Å². The predicted octanol–water partition coefficient (Wildman–Crippen LogP) is 3.64. The van der Waals surface area contributed by atoms with Crippen LogP contribution in [0.2, 0.25) is 0 Å². The fourth-order valence-electron chi connectivity index (χ4n) is 2.16. The highest BCUT2D eigenvalue weighted by Crippen LogP contribution is 2.27. The number of carbonyl (C=O) groups is 1. The molecule has 0 atom stereocenters. The van der Waals surface area contributed by atoms with Crippen LogP contribution < -0.4 is 10.5 Å². The average Bonchev–Trinajstić information content (AvgIpc) is 2.53. The minimum atomic E-state index is -0.126. The zero-order chi connectivity index (χ0) is 16.1. The number of para-hydroxylation sites is 1. The third-order valence-electron chi connectivity index (χ3n) is 3.46. The zero-order valence-corrected chi connectivity index (χ0v) is 12.8. The number of rotatable bonds is 5. The van der Waals surface area contributed by atoms with Crippen LogP contribution in [-0.4, -0.2) is 12.4 Å². The highest BCUT2D eigenvalue weighted by atomic mass is 16.5. The molecule has 112 valence electrons. The molecular formula is C19H19NO2. The van der Waals surface area contributed by atoms with Crippen molar-refractivity contribution in [3.05, 3.63) is 59.2 Å². The van der Waals surface area contributed by atoms with Gasteiger partial charge in [0.25, 0.3) is 0 Å². The van der Waals surface area contributed by atoms with Gasteiger partial charge in [-0.3, -0.25) is 4.79 Å². The van der Waals surface area contributed by atoms with Crippen molar-refractivity contribution in [3.8, 4) is 18.1 Å². The molecule has 2 aromatic carbocycles. The quantitative estimate of drug-likeness (QED) is 0.520. The summed E-state index contributed by atoms with van der Waals surface area (Å²) in [6.45, 7) is 4.34. The molecule has 0 spiro atoms. The number of ketones is 1. The lowest BCUT2D eigenvalue weighted by atomic mass is 9.97. The molecule has 0 aromatic heterocycles. The number of nitrogens with two attached hydrogens (primary N) is 1. The monoisotopic (exact) mass is 293 g/mol. The average molecular weight is 293 g/mol. The fourth-order valence-corrected chi connectivity index (χ4v) is 2.16. The first-order chi connectivity index (χ1) is 10.5.